The van der Waals surface area contributed by atoms with Crippen LogP contribution in [0.4, 0.5) is 0 Å². The number of amides is 1. The maximum Gasteiger partial charge on any atom is 0.258 e. The normalized spacial score (nSPS) is 10.1. The minimum atomic E-state index is -0.506. The molecular weight excluding hydrogens is 270 g/mol. The van der Waals surface area contributed by atoms with Gasteiger partial charge < -0.3 is 20.3 Å². The fraction of sp³-hybridized carbons (Fsp3) is 0.188. The highest BCUT2D eigenvalue weighted by Gasteiger charge is 2.15. The van der Waals surface area contributed by atoms with Gasteiger partial charge in [-0.15, -0.1) is 0 Å². The van der Waals surface area contributed by atoms with Crippen molar-refractivity contribution in [3.05, 3.63) is 53.6 Å². The average molecular weight is 287 g/mol. The molecule has 0 saturated heterocycles. The molecule has 5 nitrogen and oxygen atoms in total. The van der Waals surface area contributed by atoms with Crippen molar-refractivity contribution in [1.29, 1.82) is 0 Å². The lowest BCUT2D eigenvalue weighted by molar-refractivity contribution is 0.0948. The summed E-state index contributed by atoms with van der Waals surface area (Å²) in [7, 11) is 1.60. The summed E-state index contributed by atoms with van der Waals surface area (Å²) < 4.78 is 5.13. The van der Waals surface area contributed by atoms with Gasteiger partial charge in [0.1, 0.15) is 22.8 Å². The molecule has 0 unspecified atom stereocenters. The fourth-order valence-electron chi connectivity index (χ4n) is 2.00. The zero-order valence-corrected chi connectivity index (χ0v) is 11.7. The lowest BCUT2D eigenvalue weighted by Gasteiger charge is -2.09. The molecule has 0 aromatic heterocycles. The first-order valence-electron chi connectivity index (χ1n) is 6.54. The van der Waals surface area contributed by atoms with Crippen LogP contribution in [-0.2, 0) is 6.42 Å². The summed E-state index contributed by atoms with van der Waals surface area (Å²) >= 11 is 0. The quantitative estimate of drug-likeness (QED) is 0.786. The zero-order chi connectivity index (χ0) is 15.2. The number of phenolic OH excluding ortho intramolecular Hbond substituents is 2. The first kappa shape index (κ1) is 14.7. The van der Waals surface area contributed by atoms with Crippen LogP contribution in [0.5, 0.6) is 17.2 Å². The molecule has 0 aliphatic carbocycles. The third-order valence-corrected chi connectivity index (χ3v) is 3.08. The van der Waals surface area contributed by atoms with Gasteiger partial charge in [0.25, 0.3) is 5.91 Å². The Hall–Kier alpha value is -2.69. The topological polar surface area (TPSA) is 78.8 Å². The fourth-order valence-corrected chi connectivity index (χ4v) is 2.00. The molecule has 5 heteroatoms. The summed E-state index contributed by atoms with van der Waals surface area (Å²) in [5.41, 5.74) is 0.916. The van der Waals surface area contributed by atoms with Gasteiger partial charge in [-0.3, -0.25) is 4.79 Å². The van der Waals surface area contributed by atoms with Crippen molar-refractivity contribution in [2.24, 2.45) is 0 Å². The summed E-state index contributed by atoms with van der Waals surface area (Å²) in [4.78, 5) is 11.9. The van der Waals surface area contributed by atoms with Crippen LogP contribution < -0.4 is 10.1 Å². The first-order chi connectivity index (χ1) is 10.1. The molecule has 2 rings (SSSR count). The van der Waals surface area contributed by atoms with Crippen LogP contribution in [0.1, 0.15) is 15.9 Å². The zero-order valence-electron chi connectivity index (χ0n) is 11.7. The largest absolute Gasteiger partial charge is 0.507 e. The van der Waals surface area contributed by atoms with E-state index in [4.69, 9.17) is 4.74 Å². The average Bonchev–Trinajstić information content (AvgIpc) is 2.47. The van der Waals surface area contributed by atoms with Gasteiger partial charge in [0.05, 0.1) is 7.11 Å². The highest BCUT2D eigenvalue weighted by molar-refractivity contribution is 5.99. The molecule has 2 aromatic carbocycles. The van der Waals surface area contributed by atoms with E-state index in [0.29, 0.717) is 13.0 Å². The van der Waals surface area contributed by atoms with E-state index in [1.54, 1.807) is 7.11 Å². The minimum Gasteiger partial charge on any atom is -0.507 e. The van der Waals surface area contributed by atoms with Crippen molar-refractivity contribution in [3.8, 4) is 17.2 Å². The Morgan fingerprint density at radius 3 is 2.48 bits per heavy atom. The molecule has 0 aliphatic heterocycles. The van der Waals surface area contributed by atoms with Gasteiger partial charge in [-0.2, -0.15) is 0 Å². The van der Waals surface area contributed by atoms with E-state index in [2.05, 4.69) is 5.32 Å². The molecule has 3 N–H and O–H groups in total. The van der Waals surface area contributed by atoms with Gasteiger partial charge in [-0.1, -0.05) is 18.2 Å². The number of benzene rings is 2. The molecule has 0 heterocycles. The SMILES string of the molecule is COc1cccc(CCNC(=O)c2c(O)cccc2O)c1. The molecule has 110 valence electrons. The predicted octanol–water partition coefficient (Wildman–Crippen LogP) is 2.08. The number of nitrogens with one attached hydrogen (secondary N) is 1. The molecule has 0 atom stereocenters. The Morgan fingerprint density at radius 2 is 1.81 bits per heavy atom. The van der Waals surface area contributed by atoms with E-state index in [1.165, 1.54) is 18.2 Å². The second kappa shape index (κ2) is 6.65. The van der Waals surface area contributed by atoms with E-state index < -0.39 is 5.91 Å². The van der Waals surface area contributed by atoms with E-state index >= 15 is 0 Å². The van der Waals surface area contributed by atoms with E-state index in [-0.39, 0.29) is 17.1 Å². The van der Waals surface area contributed by atoms with E-state index in [9.17, 15) is 15.0 Å². The smallest absolute Gasteiger partial charge is 0.258 e. The summed E-state index contributed by atoms with van der Waals surface area (Å²) in [6, 6.07) is 11.7. The predicted molar refractivity (Wildman–Crippen MR) is 78.8 cm³/mol. The number of ether oxygens (including phenoxy) is 1. The second-order valence-electron chi connectivity index (χ2n) is 4.53. The van der Waals surface area contributed by atoms with Crippen molar-refractivity contribution in [3.63, 3.8) is 0 Å². The van der Waals surface area contributed by atoms with Crippen LogP contribution in [0.25, 0.3) is 0 Å². The van der Waals surface area contributed by atoms with Crippen LogP contribution in [0.3, 0.4) is 0 Å². The van der Waals surface area contributed by atoms with Gasteiger partial charge in [0.15, 0.2) is 0 Å². The third kappa shape index (κ3) is 3.66. The molecule has 0 radical (unpaired) electrons. The number of carbonyl (C=O) groups excluding carboxylic acids is 1. The molecule has 0 bridgehead atoms. The minimum absolute atomic E-state index is 0.108. The number of phenols is 2. The van der Waals surface area contributed by atoms with E-state index in [0.717, 1.165) is 11.3 Å². The highest BCUT2D eigenvalue weighted by Crippen LogP contribution is 2.25. The Kier molecular flexibility index (Phi) is 4.66. The Bertz CT molecular complexity index is 620. The maximum atomic E-state index is 11.9. The summed E-state index contributed by atoms with van der Waals surface area (Å²) in [6.45, 7) is 0.389. The Labute approximate surface area is 122 Å². The molecule has 0 saturated carbocycles. The molecule has 0 fully saturated rings. The number of aromatic hydroxyl groups is 2. The van der Waals surface area contributed by atoms with Gasteiger partial charge in [0.2, 0.25) is 0 Å². The molecule has 2 aromatic rings. The van der Waals surface area contributed by atoms with Crippen molar-refractivity contribution < 1.29 is 19.7 Å². The lowest BCUT2D eigenvalue weighted by Crippen LogP contribution is -2.25. The summed E-state index contributed by atoms with van der Waals surface area (Å²) in [5, 5.41) is 21.9. The second-order valence-corrected chi connectivity index (χ2v) is 4.53. The third-order valence-electron chi connectivity index (χ3n) is 3.08. The molecule has 0 aliphatic rings. The molecular formula is C16H17NO4. The van der Waals surface area contributed by atoms with Gasteiger partial charge in [-0.25, -0.2) is 0 Å². The van der Waals surface area contributed by atoms with Crippen molar-refractivity contribution >= 4 is 5.91 Å². The Balaban J connectivity index is 1.95. The Morgan fingerprint density at radius 1 is 1.14 bits per heavy atom. The lowest BCUT2D eigenvalue weighted by atomic mass is 10.1. The molecule has 1 amide bonds. The number of hydrogen-bond donors (Lipinski definition) is 3. The standard InChI is InChI=1S/C16H17NO4/c1-21-12-5-2-4-11(10-12)8-9-17-16(20)15-13(18)6-3-7-14(15)19/h2-7,10,18-19H,8-9H2,1H3,(H,17,20). The first-order valence-corrected chi connectivity index (χ1v) is 6.54. The number of hydrogen-bond acceptors (Lipinski definition) is 4. The summed E-state index contributed by atoms with van der Waals surface area (Å²) in [6.07, 6.45) is 0.622. The van der Waals surface area contributed by atoms with Crippen LogP contribution >= 0.6 is 0 Å². The van der Waals surface area contributed by atoms with Crippen LogP contribution in [0.2, 0.25) is 0 Å². The number of rotatable bonds is 5. The van der Waals surface area contributed by atoms with Gasteiger partial charge >= 0.3 is 0 Å². The maximum absolute atomic E-state index is 11.9. The van der Waals surface area contributed by atoms with Crippen molar-refractivity contribution in [1.82, 2.24) is 5.32 Å². The number of methoxy groups -OCH3 is 1. The molecule has 21 heavy (non-hydrogen) atoms. The van der Waals surface area contributed by atoms with Crippen LogP contribution in [0.15, 0.2) is 42.5 Å². The molecule has 0 spiro atoms. The monoisotopic (exact) mass is 287 g/mol. The van der Waals surface area contributed by atoms with Gasteiger partial charge in [-0.05, 0) is 36.2 Å². The number of carbonyl (C=O) groups is 1. The van der Waals surface area contributed by atoms with Crippen LogP contribution in [-0.4, -0.2) is 29.8 Å². The van der Waals surface area contributed by atoms with Crippen molar-refractivity contribution in [2.45, 2.75) is 6.42 Å². The van der Waals surface area contributed by atoms with Crippen LogP contribution in [0, 0.1) is 0 Å². The summed E-state index contributed by atoms with van der Waals surface area (Å²) in [5.74, 6) is -0.228. The van der Waals surface area contributed by atoms with Gasteiger partial charge in [0, 0.05) is 6.54 Å². The highest BCUT2D eigenvalue weighted by atomic mass is 16.5. The van der Waals surface area contributed by atoms with E-state index in [1.807, 2.05) is 24.3 Å². The van der Waals surface area contributed by atoms with Crippen molar-refractivity contribution in [2.75, 3.05) is 13.7 Å².